The number of nitrogens with zero attached hydrogens (tertiary/aromatic N) is 2. The molecule has 1 atom stereocenters. The summed E-state index contributed by atoms with van der Waals surface area (Å²) in [6, 6.07) is 10.8. The number of hydrogen-bond acceptors (Lipinski definition) is 3. The zero-order valence-corrected chi connectivity index (χ0v) is 10.3. The summed E-state index contributed by atoms with van der Waals surface area (Å²) >= 11 is 0. The molecule has 1 fully saturated rings. The lowest BCUT2D eigenvalue weighted by atomic mass is 10.1. The molecule has 0 spiro atoms. The van der Waals surface area contributed by atoms with Crippen LogP contribution in [0.4, 0.5) is 0 Å². The molecular weight excluding hydrogens is 210 g/mol. The van der Waals surface area contributed by atoms with Crippen LogP contribution in [0.2, 0.25) is 0 Å². The minimum Gasteiger partial charge on any atom is -0.318 e. The quantitative estimate of drug-likeness (QED) is 0.855. The molecular formula is C14H19N3. The Morgan fingerprint density at radius 2 is 2.29 bits per heavy atom. The maximum atomic E-state index is 9.08. The fraction of sp³-hybridized carbons (Fsp3) is 0.500. The van der Waals surface area contributed by atoms with Crippen molar-refractivity contribution < 1.29 is 0 Å². The third kappa shape index (κ3) is 2.85. The van der Waals surface area contributed by atoms with E-state index in [0.29, 0.717) is 6.04 Å². The molecule has 1 aliphatic rings. The zero-order chi connectivity index (χ0) is 12.1. The van der Waals surface area contributed by atoms with Crippen LogP contribution < -0.4 is 5.32 Å². The highest BCUT2D eigenvalue weighted by Gasteiger charge is 2.24. The van der Waals surface area contributed by atoms with E-state index in [1.54, 1.807) is 0 Å². The molecule has 0 aliphatic carbocycles. The molecule has 0 radical (unpaired) electrons. The van der Waals surface area contributed by atoms with Gasteiger partial charge in [-0.3, -0.25) is 4.90 Å². The molecule has 1 aromatic rings. The molecule has 3 nitrogen and oxygen atoms in total. The standard InChI is InChI=1S/C14H19N3/c1-16-10-14-7-4-8-17(14)11-13-6-3-2-5-12(13)9-15/h2-3,5-6,14,16H,4,7-8,10-11H2,1H3. The van der Waals surface area contributed by atoms with Gasteiger partial charge in [0.25, 0.3) is 0 Å². The molecule has 1 saturated heterocycles. The Kier molecular flexibility index (Phi) is 4.13. The van der Waals surface area contributed by atoms with Crippen LogP contribution in [0.5, 0.6) is 0 Å². The van der Waals surface area contributed by atoms with Crippen molar-refractivity contribution in [2.24, 2.45) is 0 Å². The number of nitriles is 1. The molecule has 90 valence electrons. The van der Waals surface area contributed by atoms with Gasteiger partial charge < -0.3 is 5.32 Å². The fourth-order valence-corrected chi connectivity index (χ4v) is 2.56. The Morgan fingerprint density at radius 3 is 3.06 bits per heavy atom. The Balaban J connectivity index is 2.07. The molecule has 3 heteroatoms. The van der Waals surface area contributed by atoms with Crippen molar-refractivity contribution in [1.29, 1.82) is 5.26 Å². The van der Waals surface area contributed by atoms with Crippen molar-refractivity contribution in [1.82, 2.24) is 10.2 Å². The van der Waals surface area contributed by atoms with Gasteiger partial charge in [0.15, 0.2) is 0 Å². The summed E-state index contributed by atoms with van der Waals surface area (Å²) in [6.45, 7) is 3.08. The Hall–Kier alpha value is -1.37. The summed E-state index contributed by atoms with van der Waals surface area (Å²) in [6.07, 6.45) is 2.52. The first kappa shape index (κ1) is 12.1. The molecule has 1 N–H and O–H groups in total. The van der Waals surface area contributed by atoms with E-state index in [4.69, 9.17) is 5.26 Å². The maximum Gasteiger partial charge on any atom is 0.0995 e. The first-order valence-electron chi connectivity index (χ1n) is 6.22. The van der Waals surface area contributed by atoms with Crippen molar-refractivity contribution in [3.63, 3.8) is 0 Å². The minimum atomic E-state index is 0.617. The van der Waals surface area contributed by atoms with Crippen LogP contribution in [0, 0.1) is 11.3 Å². The lowest BCUT2D eigenvalue weighted by Gasteiger charge is -2.24. The third-order valence-corrected chi connectivity index (χ3v) is 3.45. The van der Waals surface area contributed by atoms with Crippen LogP contribution in [-0.2, 0) is 6.54 Å². The lowest BCUT2D eigenvalue weighted by Crippen LogP contribution is -2.36. The second-order valence-corrected chi connectivity index (χ2v) is 4.59. The van der Waals surface area contributed by atoms with Gasteiger partial charge >= 0.3 is 0 Å². The first-order valence-corrected chi connectivity index (χ1v) is 6.22. The molecule has 1 unspecified atom stereocenters. The van der Waals surface area contributed by atoms with Crippen LogP contribution in [0.3, 0.4) is 0 Å². The summed E-state index contributed by atoms with van der Waals surface area (Å²) in [5.74, 6) is 0. The fourth-order valence-electron chi connectivity index (χ4n) is 2.56. The summed E-state index contributed by atoms with van der Waals surface area (Å²) in [5.41, 5.74) is 1.96. The molecule has 1 aliphatic heterocycles. The van der Waals surface area contributed by atoms with E-state index in [0.717, 1.165) is 30.8 Å². The van der Waals surface area contributed by atoms with Gasteiger partial charge in [-0.1, -0.05) is 18.2 Å². The maximum absolute atomic E-state index is 9.08. The van der Waals surface area contributed by atoms with E-state index >= 15 is 0 Å². The summed E-state index contributed by atoms with van der Waals surface area (Å²) in [7, 11) is 2.00. The largest absolute Gasteiger partial charge is 0.318 e. The Bertz CT molecular complexity index is 408. The van der Waals surface area contributed by atoms with E-state index in [1.807, 2.05) is 25.2 Å². The molecule has 0 aromatic heterocycles. The van der Waals surface area contributed by atoms with E-state index in [9.17, 15) is 0 Å². The normalized spacial score (nSPS) is 20.4. The zero-order valence-electron chi connectivity index (χ0n) is 10.3. The average molecular weight is 229 g/mol. The van der Waals surface area contributed by atoms with Gasteiger partial charge in [-0.15, -0.1) is 0 Å². The number of likely N-dealkylation sites (N-methyl/N-ethyl adjacent to an activating group) is 1. The van der Waals surface area contributed by atoms with Crippen LogP contribution in [0.1, 0.15) is 24.0 Å². The van der Waals surface area contributed by atoms with Crippen molar-refractivity contribution in [3.05, 3.63) is 35.4 Å². The van der Waals surface area contributed by atoms with Gasteiger partial charge in [0.2, 0.25) is 0 Å². The van der Waals surface area contributed by atoms with E-state index in [-0.39, 0.29) is 0 Å². The number of rotatable bonds is 4. The average Bonchev–Trinajstić information content (AvgIpc) is 2.78. The first-order chi connectivity index (χ1) is 8.35. The van der Waals surface area contributed by atoms with E-state index in [1.165, 1.54) is 12.8 Å². The van der Waals surface area contributed by atoms with Crippen molar-refractivity contribution in [2.75, 3.05) is 20.1 Å². The monoisotopic (exact) mass is 229 g/mol. The van der Waals surface area contributed by atoms with Gasteiger partial charge in [-0.05, 0) is 38.1 Å². The SMILES string of the molecule is CNCC1CCCN1Cc1ccccc1C#N. The van der Waals surface area contributed by atoms with Crippen LogP contribution in [-0.4, -0.2) is 31.1 Å². The van der Waals surface area contributed by atoms with Gasteiger partial charge in [0, 0.05) is 19.1 Å². The topological polar surface area (TPSA) is 39.1 Å². The molecule has 0 bridgehead atoms. The van der Waals surface area contributed by atoms with Crippen molar-refractivity contribution >= 4 is 0 Å². The van der Waals surface area contributed by atoms with Gasteiger partial charge in [0.1, 0.15) is 0 Å². The van der Waals surface area contributed by atoms with Gasteiger partial charge in [-0.2, -0.15) is 5.26 Å². The summed E-state index contributed by atoms with van der Waals surface area (Å²) in [5, 5.41) is 12.3. The highest BCUT2D eigenvalue weighted by Crippen LogP contribution is 2.20. The van der Waals surface area contributed by atoms with Gasteiger partial charge in [-0.25, -0.2) is 0 Å². The smallest absolute Gasteiger partial charge is 0.0995 e. The molecule has 0 saturated carbocycles. The van der Waals surface area contributed by atoms with Crippen LogP contribution in [0.15, 0.2) is 24.3 Å². The highest BCUT2D eigenvalue weighted by atomic mass is 15.2. The Morgan fingerprint density at radius 1 is 1.47 bits per heavy atom. The van der Waals surface area contributed by atoms with Crippen LogP contribution in [0.25, 0.3) is 0 Å². The van der Waals surface area contributed by atoms with Crippen molar-refractivity contribution in [3.8, 4) is 6.07 Å². The van der Waals surface area contributed by atoms with Crippen molar-refractivity contribution in [2.45, 2.75) is 25.4 Å². The predicted molar refractivity (Wildman–Crippen MR) is 68.5 cm³/mol. The molecule has 2 rings (SSSR count). The number of hydrogen-bond donors (Lipinski definition) is 1. The Labute approximate surface area is 103 Å². The van der Waals surface area contributed by atoms with E-state index in [2.05, 4.69) is 22.4 Å². The summed E-state index contributed by atoms with van der Waals surface area (Å²) in [4.78, 5) is 2.48. The number of nitrogens with one attached hydrogen (secondary N) is 1. The molecule has 17 heavy (non-hydrogen) atoms. The van der Waals surface area contributed by atoms with Crippen LogP contribution >= 0.6 is 0 Å². The molecule has 1 aromatic carbocycles. The predicted octanol–water partition coefficient (Wildman–Crippen LogP) is 1.74. The second-order valence-electron chi connectivity index (χ2n) is 4.59. The highest BCUT2D eigenvalue weighted by molar-refractivity contribution is 5.37. The summed E-state index contributed by atoms with van der Waals surface area (Å²) < 4.78 is 0. The molecule has 0 amide bonds. The third-order valence-electron chi connectivity index (χ3n) is 3.45. The number of benzene rings is 1. The number of likely N-dealkylation sites (tertiary alicyclic amines) is 1. The molecule has 1 heterocycles. The lowest BCUT2D eigenvalue weighted by molar-refractivity contribution is 0.242. The minimum absolute atomic E-state index is 0.617. The second kappa shape index (κ2) is 5.81. The van der Waals surface area contributed by atoms with Gasteiger partial charge in [0.05, 0.1) is 11.6 Å². The van der Waals surface area contributed by atoms with E-state index < -0.39 is 0 Å².